The maximum absolute atomic E-state index is 9.00. The number of rotatable bonds is 0. The van der Waals surface area contributed by atoms with Gasteiger partial charge in [0.1, 0.15) is 0 Å². The molecule has 5 nitrogen and oxygen atoms in total. The summed E-state index contributed by atoms with van der Waals surface area (Å²) in [5.74, 6) is -1.67. The van der Waals surface area contributed by atoms with E-state index in [1.54, 1.807) is 0 Å². The fourth-order valence-corrected chi connectivity index (χ4v) is 0. The van der Waals surface area contributed by atoms with Gasteiger partial charge in [-0.1, -0.05) is 7.43 Å². The lowest BCUT2D eigenvalue weighted by atomic mass is 10.9. The Hall–Kier alpha value is -1.10. The van der Waals surface area contributed by atoms with Crippen LogP contribution in [0.15, 0.2) is 0 Å². The molecular formula is C5H15NO4. The first-order chi connectivity index (χ1) is 3.46. The Bertz CT molecular complexity index is 71.6. The van der Waals surface area contributed by atoms with Gasteiger partial charge in [0.25, 0.3) is 11.9 Å². The Kier molecular flexibility index (Phi) is 36.2. The van der Waals surface area contributed by atoms with Crippen LogP contribution in [0.4, 0.5) is 0 Å². The van der Waals surface area contributed by atoms with Crippen LogP contribution in [0.1, 0.15) is 21.3 Å². The van der Waals surface area contributed by atoms with Crippen molar-refractivity contribution in [1.82, 2.24) is 6.15 Å². The number of carboxylic acid groups (broad SMARTS) is 2. The van der Waals surface area contributed by atoms with E-state index >= 15 is 0 Å². The Labute approximate surface area is 60.3 Å². The van der Waals surface area contributed by atoms with Crippen LogP contribution < -0.4 is 6.15 Å². The molecule has 0 bridgehead atoms. The highest BCUT2D eigenvalue weighted by Gasteiger charge is 1.65. The molecule has 0 unspecified atom stereocenters. The first kappa shape index (κ1) is 23.1. The number of hydrogen-bond donors (Lipinski definition) is 3. The second-order valence-corrected chi connectivity index (χ2v) is 1.04. The summed E-state index contributed by atoms with van der Waals surface area (Å²) < 4.78 is 0. The second-order valence-electron chi connectivity index (χ2n) is 1.04. The molecule has 0 rings (SSSR count). The minimum absolute atomic E-state index is 0. The fourth-order valence-electron chi connectivity index (χ4n) is 0. The SMILES string of the molecule is C.CC(=O)O.CC(=O)O.N. The molecule has 0 aliphatic heterocycles. The highest BCUT2D eigenvalue weighted by molar-refractivity contribution is 5.63. The molecule has 0 saturated heterocycles. The molecule has 10 heavy (non-hydrogen) atoms. The lowest BCUT2D eigenvalue weighted by Crippen LogP contribution is -1.78. The lowest BCUT2D eigenvalue weighted by molar-refractivity contribution is -0.135. The highest BCUT2D eigenvalue weighted by atomic mass is 16.4. The summed E-state index contributed by atoms with van der Waals surface area (Å²) in [4.78, 5) is 18.0. The molecule has 0 aliphatic rings. The molecule has 0 fully saturated rings. The summed E-state index contributed by atoms with van der Waals surface area (Å²) in [6.45, 7) is 2.17. The number of carbonyl (C=O) groups is 2. The van der Waals surface area contributed by atoms with Gasteiger partial charge in [0.15, 0.2) is 0 Å². The molecule has 5 N–H and O–H groups in total. The van der Waals surface area contributed by atoms with Gasteiger partial charge in [-0.25, -0.2) is 0 Å². The largest absolute Gasteiger partial charge is 0.481 e. The standard InChI is InChI=1S/2C2H4O2.CH4.H3N/c2*1-2(3)4;;/h2*1H3,(H,3,4);1H4;1H3. The second kappa shape index (κ2) is 15.7. The van der Waals surface area contributed by atoms with Gasteiger partial charge in [-0.05, 0) is 0 Å². The van der Waals surface area contributed by atoms with Gasteiger partial charge >= 0.3 is 0 Å². The van der Waals surface area contributed by atoms with Crippen LogP contribution in [0.2, 0.25) is 0 Å². The molecule has 0 aromatic carbocycles. The maximum atomic E-state index is 9.00. The summed E-state index contributed by atoms with van der Waals surface area (Å²) in [6, 6.07) is 0. The molecule has 0 spiro atoms. The summed E-state index contributed by atoms with van der Waals surface area (Å²) >= 11 is 0. The molecule has 0 heterocycles. The lowest BCUT2D eigenvalue weighted by Gasteiger charge is -1.59. The van der Waals surface area contributed by atoms with Gasteiger partial charge in [0.05, 0.1) is 0 Å². The molecule has 0 aromatic heterocycles. The van der Waals surface area contributed by atoms with E-state index in [-0.39, 0.29) is 13.6 Å². The van der Waals surface area contributed by atoms with Crippen LogP contribution in [-0.4, -0.2) is 22.2 Å². The number of aliphatic carboxylic acids is 2. The Morgan fingerprint density at radius 1 is 1.00 bits per heavy atom. The molecular weight excluding hydrogens is 138 g/mol. The van der Waals surface area contributed by atoms with Gasteiger partial charge in [0.2, 0.25) is 0 Å². The average molecular weight is 153 g/mol. The number of hydrogen-bond acceptors (Lipinski definition) is 3. The molecule has 0 radical (unpaired) electrons. The smallest absolute Gasteiger partial charge is 0.300 e. The van der Waals surface area contributed by atoms with E-state index in [2.05, 4.69) is 0 Å². The highest BCUT2D eigenvalue weighted by Crippen LogP contribution is 1.42. The first-order valence-electron chi connectivity index (χ1n) is 1.86. The molecule has 0 atom stereocenters. The van der Waals surface area contributed by atoms with E-state index in [1.807, 2.05) is 0 Å². The molecule has 64 valence electrons. The van der Waals surface area contributed by atoms with Crippen molar-refractivity contribution in [2.24, 2.45) is 0 Å². The average Bonchev–Trinajstić information content (AvgIpc) is 1.25. The van der Waals surface area contributed by atoms with Crippen molar-refractivity contribution < 1.29 is 19.8 Å². The molecule has 0 saturated carbocycles. The van der Waals surface area contributed by atoms with Crippen molar-refractivity contribution in [3.63, 3.8) is 0 Å². The molecule has 0 aromatic rings. The number of carboxylic acids is 2. The van der Waals surface area contributed by atoms with Crippen molar-refractivity contribution in [2.75, 3.05) is 0 Å². The molecule has 5 heteroatoms. The Morgan fingerprint density at radius 3 is 1.00 bits per heavy atom. The zero-order valence-electron chi connectivity index (χ0n) is 5.42. The van der Waals surface area contributed by atoms with Crippen LogP contribution in [0.5, 0.6) is 0 Å². The molecule has 0 amide bonds. The quantitative estimate of drug-likeness (QED) is 0.480. The Balaban J connectivity index is -0.0000000300. The van der Waals surface area contributed by atoms with Gasteiger partial charge in [-0.3, -0.25) is 9.59 Å². The predicted molar refractivity (Wildman–Crippen MR) is 38.4 cm³/mol. The normalized spacial score (nSPS) is 5.00. The van der Waals surface area contributed by atoms with Crippen molar-refractivity contribution in [3.05, 3.63) is 0 Å². The minimum atomic E-state index is -0.833. The summed E-state index contributed by atoms with van der Waals surface area (Å²) in [5, 5.41) is 14.8. The van der Waals surface area contributed by atoms with Gasteiger partial charge in [-0.2, -0.15) is 0 Å². The van der Waals surface area contributed by atoms with Crippen LogP contribution in [0.25, 0.3) is 0 Å². The van der Waals surface area contributed by atoms with E-state index < -0.39 is 11.9 Å². The van der Waals surface area contributed by atoms with Crippen LogP contribution in [-0.2, 0) is 9.59 Å². The minimum Gasteiger partial charge on any atom is -0.481 e. The third-order valence-electron chi connectivity index (χ3n) is 0. The zero-order chi connectivity index (χ0) is 7.15. The zero-order valence-corrected chi connectivity index (χ0v) is 5.42. The fraction of sp³-hybridized carbons (Fsp3) is 0.600. The molecule has 0 aliphatic carbocycles. The summed E-state index contributed by atoms with van der Waals surface area (Å²) in [6.07, 6.45) is 0. The maximum Gasteiger partial charge on any atom is 0.300 e. The third-order valence-corrected chi connectivity index (χ3v) is 0. The van der Waals surface area contributed by atoms with Crippen LogP contribution in [0.3, 0.4) is 0 Å². The van der Waals surface area contributed by atoms with Gasteiger partial charge in [-0.15, -0.1) is 0 Å². The third kappa shape index (κ3) is 199. The van der Waals surface area contributed by atoms with E-state index in [0.717, 1.165) is 13.8 Å². The van der Waals surface area contributed by atoms with E-state index in [0.29, 0.717) is 0 Å². The van der Waals surface area contributed by atoms with Crippen LogP contribution >= 0.6 is 0 Å². The van der Waals surface area contributed by atoms with E-state index in [1.165, 1.54) is 0 Å². The first-order valence-corrected chi connectivity index (χ1v) is 1.86. The van der Waals surface area contributed by atoms with Crippen molar-refractivity contribution in [1.29, 1.82) is 0 Å². The van der Waals surface area contributed by atoms with Gasteiger partial charge < -0.3 is 16.4 Å². The predicted octanol–water partition coefficient (Wildman–Crippen LogP) is 0.980. The Morgan fingerprint density at radius 2 is 1.00 bits per heavy atom. The summed E-state index contributed by atoms with van der Waals surface area (Å²) in [7, 11) is 0. The monoisotopic (exact) mass is 153 g/mol. The topological polar surface area (TPSA) is 110 Å². The van der Waals surface area contributed by atoms with Crippen molar-refractivity contribution in [2.45, 2.75) is 21.3 Å². The van der Waals surface area contributed by atoms with Crippen molar-refractivity contribution in [3.8, 4) is 0 Å². The van der Waals surface area contributed by atoms with Crippen LogP contribution in [0, 0.1) is 0 Å². The van der Waals surface area contributed by atoms with Crippen molar-refractivity contribution >= 4 is 11.9 Å². The van der Waals surface area contributed by atoms with Gasteiger partial charge in [0, 0.05) is 13.8 Å². The summed E-state index contributed by atoms with van der Waals surface area (Å²) in [5.41, 5.74) is 0. The van der Waals surface area contributed by atoms with E-state index in [9.17, 15) is 0 Å². The van der Waals surface area contributed by atoms with E-state index in [4.69, 9.17) is 19.8 Å².